The van der Waals surface area contributed by atoms with Gasteiger partial charge in [-0.3, -0.25) is 0 Å². The van der Waals surface area contributed by atoms with Crippen molar-refractivity contribution in [3.8, 4) is 0 Å². The molecule has 0 N–H and O–H groups in total. The third-order valence-electron chi connectivity index (χ3n) is 1.97. The third-order valence-corrected chi connectivity index (χ3v) is 1.97. The molecular weight excluding hydrogens is 188 g/mol. The lowest BCUT2D eigenvalue weighted by atomic mass is 10.3. The second-order valence-corrected chi connectivity index (χ2v) is 3.06. The van der Waals surface area contributed by atoms with E-state index in [1.807, 2.05) is 42.5 Å². The van der Waals surface area contributed by atoms with E-state index in [0.717, 1.165) is 5.39 Å². The molecule has 0 saturated carbocycles. The van der Waals surface area contributed by atoms with Gasteiger partial charge >= 0.3 is 5.63 Å². The van der Waals surface area contributed by atoms with E-state index in [4.69, 9.17) is 4.42 Å². The van der Waals surface area contributed by atoms with Crippen molar-refractivity contribution in [2.75, 3.05) is 0 Å². The van der Waals surface area contributed by atoms with Crippen LogP contribution in [-0.4, -0.2) is 0 Å². The molecular formula is C13H10O2. The SMILES string of the molecule is O=c1ccc2ccccccccc2o1. The van der Waals surface area contributed by atoms with E-state index >= 15 is 0 Å². The van der Waals surface area contributed by atoms with Crippen molar-refractivity contribution >= 4 is 11.0 Å². The van der Waals surface area contributed by atoms with Gasteiger partial charge in [-0.2, -0.15) is 0 Å². The second-order valence-electron chi connectivity index (χ2n) is 3.06. The summed E-state index contributed by atoms with van der Waals surface area (Å²) in [5.41, 5.74) is 0.252. The van der Waals surface area contributed by atoms with Gasteiger partial charge in [0.2, 0.25) is 0 Å². The van der Waals surface area contributed by atoms with Crippen LogP contribution in [0, 0.1) is 0 Å². The summed E-state index contributed by atoms with van der Waals surface area (Å²) in [5, 5.41) is 0.894. The average Bonchev–Trinajstić information content (AvgIpc) is 2.25. The standard InChI is InChI=1S/C13H10O2/c14-13-10-9-11-7-5-3-1-2-4-6-8-12(11)15-13/h1-10H. The summed E-state index contributed by atoms with van der Waals surface area (Å²) < 4.78 is 5.08. The lowest BCUT2D eigenvalue weighted by molar-refractivity contribution is 0.561. The Kier molecular flexibility index (Phi) is 2.79. The number of hydrogen-bond acceptors (Lipinski definition) is 2. The average molecular weight is 198 g/mol. The fraction of sp³-hybridized carbons (Fsp3) is 0. The molecule has 0 amide bonds. The van der Waals surface area contributed by atoms with E-state index in [1.165, 1.54) is 6.07 Å². The predicted molar refractivity (Wildman–Crippen MR) is 60.1 cm³/mol. The normalized spacial score (nSPS) is 9.60. The molecule has 2 heteroatoms. The lowest BCUT2D eigenvalue weighted by Gasteiger charge is -1.89. The highest BCUT2D eigenvalue weighted by Gasteiger charge is 1.90. The summed E-state index contributed by atoms with van der Waals surface area (Å²) in [7, 11) is 0. The van der Waals surface area contributed by atoms with Crippen LogP contribution < -0.4 is 5.63 Å². The Hall–Kier alpha value is -2.09. The molecule has 0 aliphatic carbocycles. The van der Waals surface area contributed by atoms with Gasteiger partial charge in [-0.15, -0.1) is 0 Å². The first-order valence-electron chi connectivity index (χ1n) is 4.68. The predicted octanol–water partition coefficient (Wildman–Crippen LogP) is 2.92. The smallest absolute Gasteiger partial charge is 0.336 e. The first kappa shape index (κ1) is 9.46. The summed E-state index contributed by atoms with van der Waals surface area (Å²) >= 11 is 0. The fourth-order valence-electron chi connectivity index (χ4n) is 1.27. The molecule has 2 rings (SSSR count). The van der Waals surface area contributed by atoms with Gasteiger partial charge in [-0.1, -0.05) is 42.5 Å². The highest BCUT2D eigenvalue weighted by molar-refractivity contribution is 5.74. The Bertz CT molecular complexity index is 569. The van der Waals surface area contributed by atoms with Gasteiger partial charge in [-0.25, -0.2) is 4.79 Å². The van der Waals surface area contributed by atoms with Crippen LogP contribution in [0.2, 0.25) is 0 Å². The van der Waals surface area contributed by atoms with Crippen LogP contribution in [0.25, 0.3) is 11.0 Å². The van der Waals surface area contributed by atoms with Gasteiger partial charge in [0.15, 0.2) is 0 Å². The molecule has 0 fully saturated rings. The van der Waals surface area contributed by atoms with Crippen molar-refractivity contribution < 1.29 is 4.42 Å². The highest BCUT2D eigenvalue weighted by atomic mass is 16.4. The van der Waals surface area contributed by atoms with Crippen LogP contribution >= 0.6 is 0 Å². The zero-order valence-corrected chi connectivity index (χ0v) is 8.09. The van der Waals surface area contributed by atoms with E-state index in [2.05, 4.69) is 0 Å². The van der Waals surface area contributed by atoms with Gasteiger partial charge in [0.25, 0.3) is 0 Å². The summed E-state index contributed by atoms with van der Waals surface area (Å²) in [6, 6.07) is 18.2. The van der Waals surface area contributed by atoms with Crippen LogP contribution in [0.15, 0.2) is 69.9 Å². The molecule has 1 aromatic carbocycles. The molecule has 0 aliphatic heterocycles. The molecule has 74 valence electrons. The van der Waals surface area contributed by atoms with Gasteiger partial charge in [-0.05, 0) is 12.1 Å². The molecule has 1 aromatic heterocycles. The lowest BCUT2D eigenvalue weighted by Crippen LogP contribution is -1.92. The summed E-state index contributed by atoms with van der Waals surface area (Å²) in [5.74, 6) is 0. The Balaban J connectivity index is 2.82. The Morgan fingerprint density at radius 1 is 0.733 bits per heavy atom. The monoisotopic (exact) mass is 198 g/mol. The van der Waals surface area contributed by atoms with Gasteiger partial charge in [0, 0.05) is 11.5 Å². The number of rotatable bonds is 0. The van der Waals surface area contributed by atoms with Gasteiger partial charge < -0.3 is 4.42 Å². The van der Waals surface area contributed by atoms with Crippen molar-refractivity contribution in [2.24, 2.45) is 0 Å². The van der Waals surface area contributed by atoms with Crippen molar-refractivity contribution in [3.05, 3.63) is 71.1 Å². The minimum Gasteiger partial charge on any atom is -0.423 e. The maximum atomic E-state index is 11.0. The largest absolute Gasteiger partial charge is 0.423 e. The second kappa shape index (κ2) is 4.42. The topological polar surface area (TPSA) is 30.2 Å². The zero-order chi connectivity index (χ0) is 10.5. The van der Waals surface area contributed by atoms with Crippen molar-refractivity contribution in [3.63, 3.8) is 0 Å². The quantitative estimate of drug-likeness (QED) is 0.651. The minimum absolute atomic E-state index is 0.330. The molecule has 2 nitrogen and oxygen atoms in total. The summed E-state index contributed by atoms with van der Waals surface area (Å²) in [4.78, 5) is 11.0. The number of hydrogen-bond donors (Lipinski definition) is 0. The van der Waals surface area contributed by atoms with E-state index in [1.54, 1.807) is 12.1 Å². The minimum atomic E-state index is -0.330. The van der Waals surface area contributed by atoms with Crippen LogP contribution in [0.1, 0.15) is 0 Å². The molecule has 0 bridgehead atoms. The fourth-order valence-corrected chi connectivity index (χ4v) is 1.27. The van der Waals surface area contributed by atoms with E-state index in [0.29, 0.717) is 5.58 Å². The van der Waals surface area contributed by atoms with Crippen LogP contribution in [-0.2, 0) is 0 Å². The van der Waals surface area contributed by atoms with Crippen LogP contribution in [0.5, 0.6) is 0 Å². The van der Waals surface area contributed by atoms with Gasteiger partial charge in [0.05, 0.1) is 0 Å². The zero-order valence-electron chi connectivity index (χ0n) is 8.09. The first-order valence-corrected chi connectivity index (χ1v) is 4.68. The van der Waals surface area contributed by atoms with Crippen molar-refractivity contribution in [1.29, 1.82) is 0 Å². The van der Waals surface area contributed by atoms with E-state index < -0.39 is 0 Å². The molecule has 0 radical (unpaired) electrons. The van der Waals surface area contributed by atoms with Crippen LogP contribution in [0.3, 0.4) is 0 Å². The highest BCUT2D eigenvalue weighted by Crippen LogP contribution is 2.06. The van der Waals surface area contributed by atoms with Crippen LogP contribution in [0.4, 0.5) is 0 Å². The Labute approximate surface area is 87.1 Å². The molecule has 0 unspecified atom stereocenters. The molecule has 15 heavy (non-hydrogen) atoms. The number of fused-ring (bicyclic) bond motifs is 1. The summed E-state index contributed by atoms with van der Waals surface area (Å²) in [6.45, 7) is 0. The van der Waals surface area contributed by atoms with Gasteiger partial charge in [0.1, 0.15) is 5.58 Å². The molecule has 0 saturated heterocycles. The van der Waals surface area contributed by atoms with E-state index in [-0.39, 0.29) is 5.63 Å². The third kappa shape index (κ3) is 2.44. The maximum absolute atomic E-state index is 11.0. The Morgan fingerprint density at radius 3 is 2.20 bits per heavy atom. The summed E-state index contributed by atoms with van der Waals surface area (Å²) in [6.07, 6.45) is 0. The molecule has 0 spiro atoms. The molecule has 2 aromatic rings. The molecule has 0 aliphatic rings. The molecule has 1 heterocycles. The molecule has 0 atom stereocenters. The maximum Gasteiger partial charge on any atom is 0.336 e. The first-order chi connectivity index (χ1) is 7.36. The Morgan fingerprint density at radius 2 is 1.40 bits per heavy atom. The van der Waals surface area contributed by atoms with E-state index in [9.17, 15) is 4.79 Å². The van der Waals surface area contributed by atoms with Crippen molar-refractivity contribution in [1.82, 2.24) is 0 Å². The van der Waals surface area contributed by atoms with Crippen molar-refractivity contribution in [2.45, 2.75) is 0 Å².